The number of benzene rings is 1. The lowest BCUT2D eigenvalue weighted by Gasteiger charge is -2.19. The quantitative estimate of drug-likeness (QED) is 0.666. The Morgan fingerprint density at radius 1 is 1.20 bits per heavy atom. The van der Waals surface area contributed by atoms with Crippen LogP contribution in [0.5, 0.6) is 0 Å². The lowest BCUT2D eigenvalue weighted by atomic mass is 9.85. The Hall–Kier alpha value is -1.56. The number of hydrogen-bond acceptors (Lipinski definition) is 0. The normalized spacial score (nSPS) is 15.5. The zero-order valence-corrected chi connectivity index (χ0v) is 9.16. The molecule has 1 aromatic carbocycles. The second-order valence-electron chi connectivity index (χ2n) is 3.80. The summed E-state index contributed by atoms with van der Waals surface area (Å²) in [4.78, 5) is 0. The standard InChI is InChI=1S/C15H16/c1-3-7-14-12(4-2)10-11-13-8-5-6-9-15(13)14/h3-9H,2,10-11H2,1H3. The van der Waals surface area contributed by atoms with Gasteiger partial charge in [-0.05, 0) is 42.0 Å². The summed E-state index contributed by atoms with van der Waals surface area (Å²) in [7, 11) is 0. The summed E-state index contributed by atoms with van der Waals surface area (Å²) < 4.78 is 0. The first kappa shape index (κ1) is 9.97. The third-order valence-electron chi connectivity index (χ3n) is 2.90. The minimum atomic E-state index is 1.11. The molecular formula is C15H16. The smallest absolute Gasteiger partial charge is 0.0149 e. The van der Waals surface area contributed by atoms with Crippen LogP contribution in [0, 0.1) is 0 Å². The van der Waals surface area contributed by atoms with Crippen molar-refractivity contribution in [3.8, 4) is 0 Å². The largest absolute Gasteiger partial charge is 0.0988 e. The summed E-state index contributed by atoms with van der Waals surface area (Å²) in [6.07, 6.45) is 8.53. The molecule has 1 aromatic rings. The maximum absolute atomic E-state index is 3.90. The lowest BCUT2D eigenvalue weighted by molar-refractivity contribution is 0.944. The van der Waals surface area contributed by atoms with Gasteiger partial charge in [0, 0.05) is 0 Å². The van der Waals surface area contributed by atoms with Gasteiger partial charge in [-0.15, -0.1) is 0 Å². The third-order valence-corrected chi connectivity index (χ3v) is 2.90. The molecule has 2 rings (SSSR count). The van der Waals surface area contributed by atoms with E-state index >= 15 is 0 Å². The molecule has 0 aromatic heterocycles. The molecule has 1 aliphatic rings. The summed E-state index contributed by atoms with van der Waals surface area (Å²) in [6, 6.07) is 8.64. The van der Waals surface area contributed by atoms with E-state index in [1.165, 1.54) is 22.3 Å². The minimum Gasteiger partial charge on any atom is -0.0988 e. The van der Waals surface area contributed by atoms with Crippen molar-refractivity contribution in [1.82, 2.24) is 0 Å². The summed E-state index contributed by atoms with van der Waals surface area (Å²) in [5, 5.41) is 0. The molecule has 0 aliphatic heterocycles. The van der Waals surface area contributed by atoms with Gasteiger partial charge in [0.1, 0.15) is 0 Å². The molecule has 0 radical (unpaired) electrons. The van der Waals surface area contributed by atoms with Crippen molar-refractivity contribution >= 4 is 5.57 Å². The van der Waals surface area contributed by atoms with Crippen LogP contribution >= 0.6 is 0 Å². The van der Waals surface area contributed by atoms with Crippen LogP contribution in [0.2, 0.25) is 0 Å². The van der Waals surface area contributed by atoms with Gasteiger partial charge >= 0.3 is 0 Å². The molecule has 0 atom stereocenters. The van der Waals surface area contributed by atoms with Gasteiger partial charge in [-0.25, -0.2) is 0 Å². The van der Waals surface area contributed by atoms with Crippen LogP contribution in [-0.4, -0.2) is 0 Å². The highest BCUT2D eigenvalue weighted by Crippen LogP contribution is 2.32. The average molecular weight is 196 g/mol. The highest BCUT2D eigenvalue weighted by molar-refractivity contribution is 5.81. The van der Waals surface area contributed by atoms with Gasteiger partial charge in [0.05, 0.1) is 0 Å². The molecule has 0 saturated carbocycles. The molecule has 0 heterocycles. The van der Waals surface area contributed by atoms with Gasteiger partial charge < -0.3 is 0 Å². The molecule has 1 aliphatic carbocycles. The Labute approximate surface area is 91.6 Å². The number of allylic oxidation sites excluding steroid dienone is 5. The van der Waals surface area contributed by atoms with E-state index in [1.807, 2.05) is 6.08 Å². The van der Waals surface area contributed by atoms with Crippen LogP contribution in [0.4, 0.5) is 0 Å². The van der Waals surface area contributed by atoms with Crippen LogP contribution < -0.4 is 0 Å². The second-order valence-corrected chi connectivity index (χ2v) is 3.80. The molecule has 15 heavy (non-hydrogen) atoms. The SMILES string of the molecule is C=CC1=C(C=CC)c2ccccc2CC1. The lowest BCUT2D eigenvalue weighted by Crippen LogP contribution is -2.02. The zero-order valence-electron chi connectivity index (χ0n) is 9.16. The van der Waals surface area contributed by atoms with Crippen molar-refractivity contribution in [2.45, 2.75) is 19.8 Å². The van der Waals surface area contributed by atoms with Gasteiger partial charge in [0.2, 0.25) is 0 Å². The van der Waals surface area contributed by atoms with Crippen LogP contribution in [0.25, 0.3) is 5.57 Å². The van der Waals surface area contributed by atoms with Gasteiger partial charge in [-0.2, -0.15) is 0 Å². The van der Waals surface area contributed by atoms with Crippen LogP contribution in [0.15, 0.2) is 54.6 Å². The molecule has 76 valence electrons. The van der Waals surface area contributed by atoms with E-state index < -0.39 is 0 Å². The van der Waals surface area contributed by atoms with E-state index in [-0.39, 0.29) is 0 Å². The molecular weight excluding hydrogens is 180 g/mol. The highest BCUT2D eigenvalue weighted by Gasteiger charge is 2.14. The number of aryl methyl sites for hydroxylation is 1. The van der Waals surface area contributed by atoms with Crippen molar-refractivity contribution in [3.63, 3.8) is 0 Å². The molecule has 0 heteroatoms. The third kappa shape index (κ3) is 1.80. The molecule has 0 amide bonds. The zero-order chi connectivity index (χ0) is 10.7. The summed E-state index contributed by atoms with van der Waals surface area (Å²) in [5.74, 6) is 0. The Morgan fingerprint density at radius 3 is 2.73 bits per heavy atom. The van der Waals surface area contributed by atoms with Crippen molar-refractivity contribution in [1.29, 1.82) is 0 Å². The fourth-order valence-corrected chi connectivity index (χ4v) is 2.15. The van der Waals surface area contributed by atoms with Crippen LogP contribution in [0.1, 0.15) is 24.5 Å². The van der Waals surface area contributed by atoms with E-state index in [9.17, 15) is 0 Å². The average Bonchev–Trinajstić information content (AvgIpc) is 2.30. The van der Waals surface area contributed by atoms with Crippen LogP contribution in [0.3, 0.4) is 0 Å². The van der Waals surface area contributed by atoms with E-state index in [4.69, 9.17) is 0 Å². The maximum Gasteiger partial charge on any atom is -0.0149 e. The molecule has 0 N–H and O–H groups in total. The molecule has 0 nitrogen and oxygen atoms in total. The highest BCUT2D eigenvalue weighted by atomic mass is 14.2. The molecule has 0 saturated heterocycles. The Kier molecular flexibility index (Phi) is 2.86. The van der Waals surface area contributed by atoms with Crippen molar-refractivity contribution in [2.24, 2.45) is 0 Å². The monoisotopic (exact) mass is 196 g/mol. The number of fused-ring (bicyclic) bond motifs is 1. The van der Waals surface area contributed by atoms with Gasteiger partial charge in [-0.3, -0.25) is 0 Å². The van der Waals surface area contributed by atoms with Gasteiger partial charge in [-0.1, -0.05) is 49.1 Å². The molecule has 0 fully saturated rings. The predicted octanol–water partition coefficient (Wildman–Crippen LogP) is 4.15. The Balaban J connectivity index is 2.60. The topological polar surface area (TPSA) is 0 Å². The van der Waals surface area contributed by atoms with E-state index in [1.54, 1.807) is 0 Å². The van der Waals surface area contributed by atoms with E-state index in [2.05, 4.69) is 49.9 Å². The second kappa shape index (κ2) is 4.31. The summed E-state index contributed by atoms with van der Waals surface area (Å²) >= 11 is 0. The first-order chi connectivity index (χ1) is 7.36. The minimum absolute atomic E-state index is 1.11. The van der Waals surface area contributed by atoms with E-state index in [0.717, 1.165) is 12.8 Å². The van der Waals surface area contributed by atoms with E-state index in [0.29, 0.717) is 0 Å². The fourth-order valence-electron chi connectivity index (χ4n) is 2.15. The molecule has 0 unspecified atom stereocenters. The van der Waals surface area contributed by atoms with Crippen LogP contribution in [-0.2, 0) is 6.42 Å². The first-order valence-electron chi connectivity index (χ1n) is 5.43. The first-order valence-corrected chi connectivity index (χ1v) is 5.43. The predicted molar refractivity (Wildman–Crippen MR) is 66.7 cm³/mol. The summed E-state index contributed by atoms with van der Waals surface area (Å²) in [5.41, 5.74) is 5.54. The Bertz CT molecular complexity index is 433. The number of hydrogen-bond donors (Lipinski definition) is 0. The maximum atomic E-state index is 3.90. The summed E-state index contributed by atoms with van der Waals surface area (Å²) in [6.45, 7) is 5.96. The molecule has 0 bridgehead atoms. The Morgan fingerprint density at radius 2 is 2.00 bits per heavy atom. The molecule has 0 spiro atoms. The number of rotatable bonds is 2. The van der Waals surface area contributed by atoms with Gasteiger partial charge in [0.25, 0.3) is 0 Å². The van der Waals surface area contributed by atoms with Crippen molar-refractivity contribution in [3.05, 3.63) is 65.8 Å². The fraction of sp³-hybridized carbons (Fsp3) is 0.200. The van der Waals surface area contributed by atoms with Crippen molar-refractivity contribution < 1.29 is 0 Å². The van der Waals surface area contributed by atoms with Crippen molar-refractivity contribution in [2.75, 3.05) is 0 Å². The van der Waals surface area contributed by atoms with Gasteiger partial charge in [0.15, 0.2) is 0 Å².